The van der Waals surface area contributed by atoms with Gasteiger partial charge in [0.15, 0.2) is 0 Å². The Morgan fingerprint density at radius 3 is 2.95 bits per heavy atom. The van der Waals surface area contributed by atoms with Gasteiger partial charge in [0.2, 0.25) is 5.28 Å². The van der Waals surface area contributed by atoms with Gasteiger partial charge >= 0.3 is 0 Å². The number of thiophene rings is 2. The summed E-state index contributed by atoms with van der Waals surface area (Å²) >= 11 is 9.40. The third-order valence-electron chi connectivity index (χ3n) is 3.16. The van der Waals surface area contributed by atoms with E-state index in [9.17, 15) is 0 Å². The lowest BCUT2D eigenvalue weighted by Gasteiger charge is -2.14. The standard InChI is InChI=1S/C14H14ClN3S2/c1-3-10-6-11-12(17-14(15)18-13(11)20-10)16-8(2)9-4-5-19-7-9/h4-8H,3H2,1-2H3,(H,16,17,18). The maximum Gasteiger partial charge on any atom is 0.225 e. The molecule has 0 amide bonds. The summed E-state index contributed by atoms with van der Waals surface area (Å²) in [7, 11) is 0. The van der Waals surface area contributed by atoms with Crippen molar-refractivity contribution in [1.29, 1.82) is 0 Å². The van der Waals surface area contributed by atoms with Gasteiger partial charge in [-0.25, -0.2) is 9.97 Å². The Hall–Kier alpha value is -1.17. The van der Waals surface area contributed by atoms with Gasteiger partial charge in [-0.2, -0.15) is 11.3 Å². The molecule has 0 bridgehead atoms. The molecule has 0 radical (unpaired) electrons. The van der Waals surface area contributed by atoms with Crippen LogP contribution in [0.1, 0.15) is 30.3 Å². The van der Waals surface area contributed by atoms with Crippen molar-refractivity contribution >= 4 is 50.3 Å². The van der Waals surface area contributed by atoms with Crippen molar-refractivity contribution in [2.45, 2.75) is 26.3 Å². The smallest absolute Gasteiger partial charge is 0.225 e. The minimum atomic E-state index is 0.195. The summed E-state index contributed by atoms with van der Waals surface area (Å²) in [6.07, 6.45) is 0.998. The van der Waals surface area contributed by atoms with Crippen molar-refractivity contribution in [3.63, 3.8) is 0 Å². The summed E-state index contributed by atoms with van der Waals surface area (Å²) in [5, 5.41) is 9.01. The normalized spacial score (nSPS) is 12.8. The van der Waals surface area contributed by atoms with E-state index in [4.69, 9.17) is 11.6 Å². The number of aromatic nitrogens is 2. The minimum absolute atomic E-state index is 0.195. The van der Waals surface area contributed by atoms with Gasteiger partial charge in [-0.3, -0.25) is 0 Å². The van der Waals surface area contributed by atoms with E-state index in [-0.39, 0.29) is 6.04 Å². The average Bonchev–Trinajstić information content (AvgIpc) is 3.07. The molecule has 0 saturated heterocycles. The number of anilines is 1. The van der Waals surface area contributed by atoms with Crippen LogP contribution in [0.25, 0.3) is 10.2 Å². The fourth-order valence-electron chi connectivity index (χ4n) is 2.04. The fourth-order valence-corrected chi connectivity index (χ4v) is 3.98. The molecule has 1 unspecified atom stereocenters. The van der Waals surface area contributed by atoms with Gasteiger partial charge < -0.3 is 5.32 Å². The van der Waals surface area contributed by atoms with Crippen LogP contribution in [0, 0.1) is 0 Å². The molecule has 6 heteroatoms. The van der Waals surface area contributed by atoms with Crippen LogP contribution in [0.3, 0.4) is 0 Å². The predicted octanol–water partition coefficient (Wildman–Crippen LogP) is 5.14. The second-order valence-electron chi connectivity index (χ2n) is 4.55. The Labute approximate surface area is 130 Å². The van der Waals surface area contributed by atoms with Crippen LogP contribution in [-0.4, -0.2) is 9.97 Å². The monoisotopic (exact) mass is 323 g/mol. The molecule has 0 aliphatic rings. The van der Waals surface area contributed by atoms with Gasteiger partial charge in [0.05, 0.1) is 11.4 Å². The minimum Gasteiger partial charge on any atom is -0.363 e. The quantitative estimate of drug-likeness (QED) is 0.675. The number of nitrogens with one attached hydrogen (secondary N) is 1. The summed E-state index contributed by atoms with van der Waals surface area (Å²) in [6, 6.07) is 4.47. The Kier molecular flexibility index (Phi) is 3.92. The molecule has 3 aromatic heterocycles. The SMILES string of the molecule is CCc1cc2c(NC(C)c3ccsc3)nc(Cl)nc2s1. The van der Waals surface area contributed by atoms with Gasteiger partial charge in [0.1, 0.15) is 10.6 Å². The molecule has 1 N–H and O–H groups in total. The molecule has 0 saturated carbocycles. The maximum atomic E-state index is 6.03. The van der Waals surface area contributed by atoms with Gasteiger partial charge in [-0.1, -0.05) is 6.92 Å². The fraction of sp³-hybridized carbons (Fsp3) is 0.286. The van der Waals surface area contributed by atoms with Crippen molar-refractivity contribution < 1.29 is 0 Å². The molecule has 0 fully saturated rings. The number of aryl methyl sites for hydroxylation is 1. The second kappa shape index (κ2) is 5.68. The van der Waals surface area contributed by atoms with E-state index < -0.39 is 0 Å². The first kappa shape index (κ1) is 13.8. The van der Waals surface area contributed by atoms with E-state index in [1.165, 1.54) is 10.4 Å². The summed E-state index contributed by atoms with van der Waals surface area (Å²) < 4.78 is 0. The van der Waals surface area contributed by atoms with E-state index in [1.807, 2.05) is 0 Å². The number of hydrogen-bond acceptors (Lipinski definition) is 5. The highest BCUT2D eigenvalue weighted by Gasteiger charge is 2.13. The van der Waals surface area contributed by atoms with Crippen LogP contribution in [-0.2, 0) is 6.42 Å². The zero-order chi connectivity index (χ0) is 14.1. The molecule has 3 rings (SSSR count). The molecule has 1 atom stereocenters. The molecule has 3 aromatic rings. The first-order valence-electron chi connectivity index (χ1n) is 6.42. The summed E-state index contributed by atoms with van der Waals surface area (Å²) in [5.41, 5.74) is 1.25. The lowest BCUT2D eigenvalue weighted by Crippen LogP contribution is -2.07. The number of nitrogens with zero attached hydrogens (tertiary/aromatic N) is 2. The van der Waals surface area contributed by atoms with E-state index in [0.717, 1.165) is 22.5 Å². The van der Waals surface area contributed by atoms with Crippen molar-refractivity contribution in [3.05, 3.63) is 38.6 Å². The Balaban J connectivity index is 1.99. The van der Waals surface area contributed by atoms with Gasteiger partial charge in [-0.15, -0.1) is 11.3 Å². The topological polar surface area (TPSA) is 37.8 Å². The van der Waals surface area contributed by atoms with E-state index in [2.05, 4.69) is 52.0 Å². The van der Waals surface area contributed by atoms with Crippen LogP contribution in [0.15, 0.2) is 22.9 Å². The Morgan fingerprint density at radius 1 is 1.40 bits per heavy atom. The highest BCUT2D eigenvalue weighted by molar-refractivity contribution is 7.18. The summed E-state index contributed by atoms with van der Waals surface area (Å²) in [4.78, 5) is 10.9. The molecular formula is C14H14ClN3S2. The lowest BCUT2D eigenvalue weighted by molar-refractivity contribution is 0.881. The van der Waals surface area contributed by atoms with E-state index in [1.54, 1.807) is 22.7 Å². The highest BCUT2D eigenvalue weighted by Crippen LogP contribution is 2.32. The largest absolute Gasteiger partial charge is 0.363 e. The second-order valence-corrected chi connectivity index (χ2v) is 6.78. The van der Waals surface area contributed by atoms with Crippen LogP contribution in [0.4, 0.5) is 5.82 Å². The molecule has 0 aromatic carbocycles. The van der Waals surface area contributed by atoms with Gasteiger partial charge in [-0.05, 0) is 53.4 Å². The van der Waals surface area contributed by atoms with Crippen molar-refractivity contribution in [2.75, 3.05) is 5.32 Å². The van der Waals surface area contributed by atoms with Crippen molar-refractivity contribution in [3.8, 4) is 0 Å². The average molecular weight is 324 g/mol. The van der Waals surface area contributed by atoms with Gasteiger partial charge in [0, 0.05) is 4.88 Å². The van der Waals surface area contributed by atoms with Crippen molar-refractivity contribution in [1.82, 2.24) is 9.97 Å². The van der Waals surface area contributed by atoms with Gasteiger partial charge in [0.25, 0.3) is 0 Å². The van der Waals surface area contributed by atoms with Crippen LogP contribution < -0.4 is 5.32 Å². The van der Waals surface area contributed by atoms with E-state index in [0.29, 0.717) is 5.28 Å². The Bertz CT molecular complexity index is 721. The third kappa shape index (κ3) is 2.66. The Morgan fingerprint density at radius 2 is 2.25 bits per heavy atom. The zero-order valence-corrected chi connectivity index (χ0v) is 13.6. The van der Waals surface area contributed by atoms with Crippen LogP contribution >= 0.6 is 34.3 Å². The van der Waals surface area contributed by atoms with E-state index >= 15 is 0 Å². The first-order chi connectivity index (χ1) is 9.67. The molecule has 0 aliphatic carbocycles. The first-order valence-corrected chi connectivity index (χ1v) is 8.55. The van der Waals surface area contributed by atoms with Crippen LogP contribution in [0.2, 0.25) is 5.28 Å². The number of fused-ring (bicyclic) bond motifs is 1. The summed E-state index contributed by atoms with van der Waals surface area (Å²) in [6.45, 7) is 4.26. The number of hydrogen-bond donors (Lipinski definition) is 1. The molecule has 3 heterocycles. The number of halogens is 1. The maximum absolute atomic E-state index is 6.03. The number of rotatable bonds is 4. The molecule has 0 spiro atoms. The molecule has 104 valence electrons. The predicted molar refractivity (Wildman–Crippen MR) is 88.2 cm³/mol. The summed E-state index contributed by atoms with van der Waals surface area (Å²) in [5.74, 6) is 0.814. The highest BCUT2D eigenvalue weighted by atomic mass is 35.5. The zero-order valence-electron chi connectivity index (χ0n) is 11.2. The van der Waals surface area contributed by atoms with Crippen LogP contribution in [0.5, 0.6) is 0 Å². The lowest BCUT2D eigenvalue weighted by atomic mass is 10.2. The molecule has 0 aliphatic heterocycles. The molecular weight excluding hydrogens is 310 g/mol. The molecule has 3 nitrogen and oxygen atoms in total. The third-order valence-corrected chi connectivity index (χ3v) is 5.21. The molecule has 20 heavy (non-hydrogen) atoms. The van der Waals surface area contributed by atoms with Crippen molar-refractivity contribution in [2.24, 2.45) is 0 Å².